The molecule has 0 aliphatic rings. The summed E-state index contributed by atoms with van der Waals surface area (Å²) in [6.07, 6.45) is -4.67. The van der Waals surface area contributed by atoms with Crippen molar-refractivity contribution < 1.29 is 22.9 Å². The lowest BCUT2D eigenvalue weighted by atomic mass is 10.1. The van der Waals surface area contributed by atoms with E-state index in [1.54, 1.807) is 0 Å². The number of benzene rings is 2. The summed E-state index contributed by atoms with van der Waals surface area (Å²) in [6.45, 7) is 0. The lowest BCUT2D eigenvalue weighted by molar-refractivity contribution is -0.385. The summed E-state index contributed by atoms with van der Waals surface area (Å²) in [5.41, 5.74) is -2.53. The van der Waals surface area contributed by atoms with E-state index in [0.29, 0.717) is 0 Å². The Morgan fingerprint density at radius 3 is 2.43 bits per heavy atom. The summed E-state index contributed by atoms with van der Waals surface area (Å²) in [6, 6.07) is 7.59. The van der Waals surface area contributed by atoms with Crippen molar-refractivity contribution in [3.8, 4) is 0 Å². The smallest absolute Gasteiger partial charge is 0.321 e. The van der Waals surface area contributed by atoms with Gasteiger partial charge in [0.05, 0.1) is 16.2 Å². The number of hydrogen-bond donors (Lipinski definition) is 1. The Bertz CT molecular complexity index is 778. The zero-order chi connectivity index (χ0) is 17.2. The zero-order valence-corrected chi connectivity index (χ0v) is 12.0. The quantitative estimate of drug-likeness (QED) is 0.657. The predicted molar refractivity (Wildman–Crippen MR) is 77.5 cm³/mol. The molecule has 1 amide bonds. The molecule has 0 heterocycles. The molecule has 0 saturated carbocycles. The average molecular weight is 345 g/mol. The molecule has 120 valence electrons. The van der Waals surface area contributed by atoms with Gasteiger partial charge in [0.15, 0.2) is 0 Å². The maximum atomic E-state index is 12.9. The molecule has 0 fully saturated rings. The molecule has 0 spiro atoms. The predicted octanol–water partition coefficient (Wildman–Crippen LogP) is 4.52. The first-order valence-corrected chi connectivity index (χ1v) is 6.49. The molecule has 0 unspecified atom stereocenters. The van der Waals surface area contributed by atoms with E-state index in [9.17, 15) is 28.1 Å². The number of nitro benzene ring substituents is 1. The van der Waals surface area contributed by atoms with Gasteiger partial charge in [-0.15, -0.1) is 0 Å². The topological polar surface area (TPSA) is 72.2 Å². The molecule has 1 N–H and O–H groups in total. The summed E-state index contributed by atoms with van der Waals surface area (Å²) in [4.78, 5) is 22.2. The number of carbonyl (C=O) groups excluding carboxylic acids is 1. The number of rotatable bonds is 3. The monoisotopic (exact) mass is 344 g/mol. The number of halogens is 4. The summed E-state index contributed by atoms with van der Waals surface area (Å²) in [5.74, 6) is -1.04. The van der Waals surface area contributed by atoms with Gasteiger partial charge in [-0.1, -0.05) is 23.7 Å². The van der Waals surface area contributed by atoms with Crippen LogP contribution in [0.1, 0.15) is 15.9 Å². The van der Waals surface area contributed by atoms with Crippen molar-refractivity contribution in [3.05, 3.63) is 68.7 Å². The molecule has 0 aliphatic heterocycles. The fraction of sp³-hybridized carbons (Fsp3) is 0.0714. The van der Waals surface area contributed by atoms with Gasteiger partial charge in [-0.05, 0) is 24.3 Å². The first kappa shape index (κ1) is 16.8. The number of amides is 1. The van der Waals surface area contributed by atoms with Crippen LogP contribution in [-0.4, -0.2) is 10.8 Å². The van der Waals surface area contributed by atoms with Crippen molar-refractivity contribution in [1.82, 2.24) is 0 Å². The number of nitrogens with one attached hydrogen (secondary N) is 1. The summed E-state index contributed by atoms with van der Waals surface area (Å²) >= 11 is 5.63. The number of nitro groups is 1. The minimum Gasteiger partial charge on any atom is -0.321 e. The number of para-hydroxylation sites is 1. The summed E-state index contributed by atoms with van der Waals surface area (Å²) in [5, 5.41) is 13.0. The van der Waals surface area contributed by atoms with Crippen LogP contribution in [0.15, 0.2) is 42.5 Å². The van der Waals surface area contributed by atoms with E-state index in [-0.39, 0.29) is 5.02 Å². The Morgan fingerprint density at radius 1 is 1.17 bits per heavy atom. The van der Waals surface area contributed by atoms with E-state index < -0.39 is 39.5 Å². The Balaban J connectivity index is 2.40. The molecule has 0 aromatic heterocycles. The van der Waals surface area contributed by atoms with Crippen molar-refractivity contribution in [2.45, 2.75) is 6.18 Å². The minimum absolute atomic E-state index is 0.0314. The van der Waals surface area contributed by atoms with Gasteiger partial charge >= 0.3 is 6.18 Å². The highest BCUT2D eigenvalue weighted by molar-refractivity contribution is 6.31. The summed E-state index contributed by atoms with van der Waals surface area (Å²) < 4.78 is 38.7. The number of carbonyl (C=O) groups is 1. The van der Waals surface area contributed by atoms with Crippen molar-refractivity contribution in [1.29, 1.82) is 0 Å². The molecule has 0 radical (unpaired) electrons. The molecule has 0 atom stereocenters. The van der Waals surface area contributed by atoms with Crippen molar-refractivity contribution >= 4 is 28.9 Å². The third-order valence-corrected chi connectivity index (χ3v) is 3.12. The number of anilines is 1. The fourth-order valence-corrected chi connectivity index (χ4v) is 2.04. The average Bonchev–Trinajstić information content (AvgIpc) is 2.46. The van der Waals surface area contributed by atoms with Gasteiger partial charge in [0.25, 0.3) is 11.6 Å². The number of hydrogen-bond acceptors (Lipinski definition) is 3. The number of alkyl halides is 3. The van der Waals surface area contributed by atoms with Gasteiger partial charge in [-0.2, -0.15) is 13.2 Å². The Labute approximate surface area is 132 Å². The van der Waals surface area contributed by atoms with E-state index in [1.165, 1.54) is 18.2 Å². The highest BCUT2D eigenvalue weighted by Crippen LogP contribution is 2.35. The SMILES string of the molecule is O=C(Nc1ccccc1C(F)(F)F)c1ccc(Cl)cc1[N+](=O)[O-]. The Hall–Kier alpha value is -2.61. The van der Waals surface area contributed by atoms with Crippen molar-refractivity contribution in [3.63, 3.8) is 0 Å². The Kier molecular flexibility index (Phi) is 4.55. The maximum Gasteiger partial charge on any atom is 0.418 e. The molecular formula is C14H8ClF3N2O3. The molecule has 2 aromatic carbocycles. The van der Waals surface area contributed by atoms with E-state index >= 15 is 0 Å². The second-order valence-electron chi connectivity index (χ2n) is 4.42. The molecule has 23 heavy (non-hydrogen) atoms. The second kappa shape index (κ2) is 6.25. The first-order chi connectivity index (χ1) is 10.7. The Morgan fingerprint density at radius 2 is 1.83 bits per heavy atom. The van der Waals surface area contributed by atoms with Gasteiger partial charge in [-0.3, -0.25) is 14.9 Å². The van der Waals surface area contributed by atoms with Gasteiger partial charge in [0.2, 0.25) is 0 Å². The third-order valence-electron chi connectivity index (χ3n) is 2.88. The highest BCUT2D eigenvalue weighted by Gasteiger charge is 2.34. The standard InChI is InChI=1S/C14H8ClF3N2O3/c15-8-5-6-9(12(7-8)20(22)23)13(21)19-11-4-2-1-3-10(11)14(16,17)18/h1-7H,(H,19,21). The van der Waals surface area contributed by atoms with Crippen LogP contribution >= 0.6 is 11.6 Å². The maximum absolute atomic E-state index is 12.9. The van der Waals surface area contributed by atoms with E-state index in [1.807, 2.05) is 5.32 Å². The third kappa shape index (κ3) is 3.78. The normalized spacial score (nSPS) is 11.1. The lowest BCUT2D eigenvalue weighted by Crippen LogP contribution is -2.17. The molecule has 2 rings (SSSR count). The summed E-state index contributed by atoms with van der Waals surface area (Å²) in [7, 11) is 0. The van der Waals surface area contributed by atoms with Crippen LogP contribution in [0.25, 0.3) is 0 Å². The van der Waals surface area contributed by atoms with Crippen LogP contribution < -0.4 is 5.32 Å². The zero-order valence-electron chi connectivity index (χ0n) is 11.2. The van der Waals surface area contributed by atoms with Crippen LogP contribution in [-0.2, 0) is 6.18 Å². The highest BCUT2D eigenvalue weighted by atomic mass is 35.5. The molecular weight excluding hydrogens is 337 g/mol. The molecule has 0 bridgehead atoms. The minimum atomic E-state index is -4.67. The van der Waals surface area contributed by atoms with Crippen LogP contribution in [0, 0.1) is 10.1 Å². The second-order valence-corrected chi connectivity index (χ2v) is 4.85. The van der Waals surface area contributed by atoms with Crippen LogP contribution in [0.4, 0.5) is 24.5 Å². The van der Waals surface area contributed by atoms with Crippen molar-refractivity contribution in [2.24, 2.45) is 0 Å². The van der Waals surface area contributed by atoms with Crippen LogP contribution in [0.2, 0.25) is 5.02 Å². The van der Waals surface area contributed by atoms with Gasteiger partial charge in [0, 0.05) is 11.1 Å². The van der Waals surface area contributed by atoms with Gasteiger partial charge < -0.3 is 5.32 Å². The first-order valence-electron chi connectivity index (χ1n) is 6.11. The van der Waals surface area contributed by atoms with Gasteiger partial charge in [-0.25, -0.2) is 0 Å². The van der Waals surface area contributed by atoms with Crippen LogP contribution in [0.3, 0.4) is 0 Å². The molecule has 9 heteroatoms. The fourth-order valence-electron chi connectivity index (χ4n) is 1.88. The van der Waals surface area contributed by atoms with Crippen molar-refractivity contribution in [2.75, 3.05) is 5.32 Å². The number of nitrogens with zero attached hydrogens (tertiary/aromatic N) is 1. The molecule has 0 saturated heterocycles. The molecule has 2 aromatic rings. The largest absolute Gasteiger partial charge is 0.418 e. The van der Waals surface area contributed by atoms with E-state index in [2.05, 4.69) is 0 Å². The lowest BCUT2D eigenvalue weighted by Gasteiger charge is -2.13. The molecule has 0 aliphatic carbocycles. The molecule has 5 nitrogen and oxygen atoms in total. The van der Waals surface area contributed by atoms with E-state index in [4.69, 9.17) is 11.6 Å². The van der Waals surface area contributed by atoms with Crippen LogP contribution in [0.5, 0.6) is 0 Å². The van der Waals surface area contributed by atoms with Gasteiger partial charge in [0.1, 0.15) is 5.56 Å². The van der Waals surface area contributed by atoms with E-state index in [0.717, 1.165) is 24.3 Å².